The fraction of sp³-hybridized carbons (Fsp3) is 0.182. The molecule has 160 valence electrons. The minimum absolute atomic E-state index is 0.558. The number of pyridine rings is 1. The van der Waals surface area contributed by atoms with Gasteiger partial charge in [0, 0.05) is 42.0 Å². The molecule has 3 aromatic rings. The van der Waals surface area contributed by atoms with Gasteiger partial charge >= 0.3 is 11.9 Å². The normalized spacial score (nSPS) is 10.3. The summed E-state index contributed by atoms with van der Waals surface area (Å²) < 4.78 is 5.35. The van der Waals surface area contributed by atoms with Crippen molar-refractivity contribution in [1.82, 2.24) is 15.3 Å². The number of nitriles is 1. The van der Waals surface area contributed by atoms with Crippen molar-refractivity contribution >= 4 is 23.0 Å². The van der Waals surface area contributed by atoms with E-state index < -0.39 is 11.9 Å². The number of rotatable bonds is 8. The van der Waals surface area contributed by atoms with Gasteiger partial charge in [0.05, 0.1) is 12.7 Å². The highest BCUT2D eigenvalue weighted by Gasteiger charge is 2.06. The predicted octanol–water partition coefficient (Wildman–Crippen LogP) is 2.49. The van der Waals surface area contributed by atoms with Gasteiger partial charge in [0.2, 0.25) is 0 Å². The van der Waals surface area contributed by atoms with E-state index in [-0.39, 0.29) is 0 Å². The molecule has 9 heteroatoms. The van der Waals surface area contributed by atoms with Gasteiger partial charge in [0.25, 0.3) is 0 Å². The Morgan fingerprint density at radius 2 is 1.94 bits per heavy atom. The van der Waals surface area contributed by atoms with E-state index in [1.165, 1.54) is 0 Å². The molecule has 0 atom stereocenters. The molecule has 2 heterocycles. The SMILES string of the molecule is COc1ccccc1CNCCc1c[nH]c2ncc(C#N)cc12.O=C(O)/C=C/C(=O)O. The van der Waals surface area contributed by atoms with Gasteiger partial charge in [-0.2, -0.15) is 5.26 Å². The van der Waals surface area contributed by atoms with Crippen LogP contribution in [-0.2, 0) is 22.6 Å². The summed E-state index contributed by atoms with van der Waals surface area (Å²) in [6.07, 6.45) is 5.53. The van der Waals surface area contributed by atoms with Crippen LogP contribution < -0.4 is 10.1 Å². The maximum absolute atomic E-state index is 9.55. The number of aromatic nitrogens is 2. The average Bonchev–Trinajstić information content (AvgIpc) is 3.18. The van der Waals surface area contributed by atoms with E-state index in [2.05, 4.69) is 27.4 Å². The maximum Gasteiger partial charge on any atom is 0.328 e. The summed E-state index contributed by atoms with van der Waals surface area (Å²) in [4.78, 5) is 26.5. The second kappa shape index (κ2) is 11.7. The van der Waals surface area contributed by atoms with Crippen molar-refractivity contribution in [3.05, 3.63) is 71.6 Å². The molecule has 0 amide bonds. The highest BCUT2D eigenvalue weighted by Crippen LogP contribution is 2.19. The number of aromatic amines is 1. The Hall–Kier alpha value is -4.16. The zero-order valence-electron chi connectivity index (χ0n) is 16.8. The Morgan fingerprint density at radius 1 is 1.23 bits per heavy atom. The summed E-state index contributed by atoms with van der Waals surface area (Å²) in [6, 6.07) is 12.0. The molecule has 0 bridgehead atoms. The lowest BCUT2D eigenvalue weighted by Gasteiger charge is -2.09. The Labute approximate surface area is 178 Å². The molecule has 0 saturated heterocycles. The number of H-pyrrole nitrogens is 1. The number of carboxylic acid groups (broad SMARTS) is 2. The van der Waals surface area contributed by atoms with Crippen molar-refractivity contribution in [3.63, 3.8) is 0 Å². The van der Waals surface area contributed by atoms with Crippen molar-refractivity contribution < 1.29 is 24.5 Å². The number of fused-ring (bicyclic) bond motifs is 1. The van der Waals surface area contributed by atoms with Crippen molar-refractivity contribution in [1.29, 1.82) is 5.26 Å². The zero-order valence-corrected chi connectivity index (χ0v) is 16.8. The van der Waals surface area contributed by atoms with Crippen LogP contribution in [0.3, 0.4) is 0 Å². The molecule has 0 fully saturated rings. The first-order chi connectivity index (χ1) is 14.9. The van der Waals surface area contributed by atoms with Crippen LogP contribution in [0.1, 0.15) is 16.7 Å². The van der Waals surface area contributed by atoms with E-state index in [0.717, 1.165) is 47.4 Å². The number of ether oxygens (including phenoxy) is 1. The number of carboxylic acids is 2. The van der Waals surface area contributed by atoms with Gasteiger partial charge in [-0.05, 0) is 30.7 Å². The van der Waals surface area contributed by atoms with Crippen molar-refractivity contribution in [2.45, 2.75) is 13.0 Å². The summed E-state index contributed by atoms with van der Waals surface area (Å²) in [5, 5.41) is 29.1. The van der Waals surface area contributed by atoms with Gasteiger partial charge in [-0.25, -0.2) is 14.6 Å². The largest absolute Gasteiger partial charge is 0.496 e. The monoisotopic (exact) mass is 422 g/mol. The molecule has 1 aromatic carbocycles. The minimum Gasteiger partial charge on any atom is -0.496 e. The van der Waals surface area contributed by atoms with Crippen LogP contribution >= 0.6 is 0 Å². The van der Waals surface area contributed by atoms with E-state index in [1.807, 2.05) is 30.5 Å². The second-order valence-electron chi connectivity index (χ2n) is 6.29. The highest BCUT2D eigenvalue weighted by atomic mass is 16.5. The van der Waals surface area contributed by atoms with Gasteiger partial charge in [-0.15, -0.1) is 0 Å². The van der Waals surface area contributed by atoms with Crippen LogP contribution in [0.2, 0.25) is 0 Å². The van der Waals surface area contributed by atoms with E-state index in [1.54, 1.807) is 13.3 Å². The Morgan fingerprint density at radius 3 is 2.58 bits per heavy atom. The van der Waals surface area contributed by atoms with Gasteiger partial charge in [0.15, 0.2) is 0 Å². The molecule has 3 rings (SSSR count). The Balaban J connectivity index is 0.000000366. The molecule has 9 nitrogen and oxygen atoms in total. The van der Waals surface area contributed by atoms with E-state index >= 15 is 0 Å². The van der Waals surface area contributed by atoms with Crippen molar-refractivity contribution in [2.75, 3.05) is 13.7 Å². The summed E-state index contributed by atoms with van der Waals surface area (Å²) >= 11 is 0. The average molecular weight is 422 g/mol. The van der Waals surface area contributed by atoms with E-state index in [9.17, 15) is 9.59 Å². The highest BCUT2D eigenvalue weighted by molar-refractivity contribution is 5.89. The van der Waals surface area contributed by atoms with Crippen LogP contribution in [0.4, 0.5) is 0 Å². The molecule has 31 heavy (non-hydrogen) atoms. The van der Waals surface area contributed by atoms with Gasteiger partial charge in [-0.3, -0.25) is 0 Å². The molecular weight excluding hydrogens is 400 g/mol. The quantitative estimate of drug-likeness (QED) is 0.320. The number of nitrogens with zero attached hydrogens (tertiary/aromatic N) is 2. The Bertz CT molecular complexity index is 1100. The lowest BCUT2D eigenvalue weighted by Crippen LogP contribution is -2.17. The zero-order chi connectivity index (χ0) is 22.6. The van der Waals surface area contributed by atoms with Crippen molar-refractivity contribution in [3.8, 4) is 11.8 Å². The molecule has 0 radical (unpaired) electrons. The molecule has 0 aliphatic rings. The molecule has 0 saturated carbocycles. The first kappa shape index (κ1) is 23.1. The smallest absolute Gasteiger partial charge is 0.328 e. The third-order valence-electron chi connectivity index (χ3n) is 4.19. The number of methoxy groups -OCH3 is 1. The van der Waals surface area contributed by atoms with Crippen LogP contribution in [0, 0.1) is 11.3 Å². The minimum atomic E-state index is -1.26. The standard InChI is InChI=1S/C18H18N4O.C4H4O4/c1-23-17-5-3-2-4-15(17)11-20-7-6-14-12-22-18-16(14)8-13(9-19)10-21-18;5-3(6)1-2-4(7)8/h2-5,8,10,12,20H,6-7,11H2,1H3,(H,21,22);1-2H,(H,5,6)(H,7,8)/b;2-1+. The lowest BCUT2D eigenvalue weighted by atomic mass is 10.1. The summed E-state index contributed by atoms with van der Waals surface area (Å²) in [5.41, 5.74) is 3.71. The Kier molecular flexibility index (Phi) is 8.76. The molecule has 4 N–H and O–H groups in total. The number of carbonyl (C=O) groups is 2. The van der Waals surface area contributed by atoms with Crippen LogP contribution in [0.5, 0.6) is 5.75 Å². The van der Waals surface area contributed by atoms with Crippen molar-refractivity contribution in [2.24, 2.45) is 0 Å². The summed E-state index contributed by atoms with van der Waals surface area (Å²) in [5.74, 6) is -1.62. The molecule has 0 spiro atoms. The third-order valence-corrected chi connectivity index (χ3v) is 4.19. The molecule has 2 aromatic heterocycles. The lowest BCUT2D eigenvalue weighted by molar-refractivity contribution is -0.134. The maximum atomic E-state index is 9.55. The van der Waals surface area contributed by atoms with Crippen LogP contribution in [0.15, 0.2) is 54.9 Å². The van der Waals surface area contributed by atoms with Gasteiger partial charge in [0.1, 0.15) is 17.5 Å². The number of para-hydroxylation sites is 1. The number of hydrogen-bond donors (Lipinski definition) is 4. The van der Waals surface area contributed by atoms with Gasteiger partial charge in [-0.1, -0.05) is 18.2 Å². The number of benzene rings is 1. The number of nitrogens with one attached hydrogen (secondary N) is 2. The number of aliphatic carboxylic acids is 2. The van der Waals surface area contributed by atoms with Crippen LogP contribution in [0.25, 0.3) is 11.0 Å². The second-order valence-corrected chi connectivity index (χ2v) is 6.29. The van der Waals surface area contributed by atoms with E-state index in [4.69, 9.17) is 20.2 Å². The first-order valence-electron chi connectivity index (χ1n) is 9.27. The molecule has 0 aliphatic heterocycles. The molecular formula is C22H22N4O5. The fourth-order valence-corrected chi connectivity index (χ4v) is 2.76. The number of hydrogen-bond acceptors (Lipinski definition) is 6. The van der Waals surface area contributed by atoms with Gasteiger partial charge < -0.3 is 25.3 Å². The van der Waals surface area contributed by atoms with Crippen LogP contribution in [-0.4, -0.2) is 45.8 Å². The predicted molar refractivity (Wildman–Crippen MR) is 114 cm³/mol. The molecule has 0 aliphatic carbocycles. The topological polar surface area (TPSA) is 148 Å². The third kappa shape index (κ3) is 7.30. The summed E-state index contributed by atoms with van der Waals surface area (Å²) in [6.45, 7) is 1.59. The first-order valence-corrected chi connectivity index (χ1v) is 9.27. The molecule has 0 unspecified atom stereocenters. The summed E-state index contributed by atoms with van der Waals surface area (Å²) in [7, 11) is 1.69. The fourth-order valence-electron chi connectivity index (χ4n) is 2.76. The van der Waals surface area contributed by atoms with E-state index in [0.29, 0.717) is 17.7 Å².